The number of rotatable bonds is 3. The number of halogens is 3. The third kappa shape index (κ3) is 3.68. The zero-order valence-electron chi connectivity index (χ0n) is 10.2. The second-order valence-corrected chi connectivity index (χ2v) is 4.33. The first-order valence-corrected chi connectivity index (χ1v) is 5.94. The van der Waals surface area contributed by atoms with E-state index in [1.54, 1.807) is 0 Å². The Morgan fingerprint density at radius 2 is 1.79 bits per heavy atom. The van der Waals surface area contributed by atoms with Gasteiger partial charge in [-0.05, 0) is 0 Å². The lowest BCUT2D eigenvalue weighted by Crippen LogP contribution is -2.46. The van der Waals surface area contributed by atoms with Crippen molar-refractivity contribution >= 4 is 11.6 Å². The van der Waals surface area contributed by atoms with Crippen molar-refractivity contribution < 1.29 is 18.0 Å². The standard InChI is InChI=1S/C12H14F3N3O/c13-9-5-8(6-10(14)12(9)15)17-11(19)7-18-3-1-16-2-4-18/h5-6,16H,1-4,7H2,(H,17,19). The Morgan fingerprint density at radius 3 is 2.37 bits per heavy atom. The summed E-state index contributed by atoms with van der Waals surface area (Å²) in [4.78, 5) is 13.6. The van der Waals surface area contributed by atoms with Gasteiger partial charge in [-0.2, -0.15) is 0 Å². The highest BCUT2D eigenvalue weighted by molar-refractivity contribution is 5.92. The first-order valence-electron chi connectivity index (χ1n) is 5.94. The molecule has 0 saturated carbocycles. The van der Waals surface area contributed by atoms with E-state index in [1.165, 1.54) is 0 Å². The van der Waals surface area contributed by atoms with E-state index in [9.17, 15) is 18.0 Å². The Balaban J connectivity index is 1.94. The molecule has 1 amide bonds. The number of carbonyl (C=O) groups excluding carboxylic acids is 1. The number of benzene rings is 1. The largest absolute Gasteiger partial charge is 0.325 e. The fraction of sp³-hybridized carbons (Fsp3) is 0.417. The molecule has 0 aliphatic carbocycles. The second-order valence-electron chi connectivity index (χ2n) is 4.33. The van der Waals surface area contributed by atoms with Crippen LogP contribution in [0.2, 0.25) is 0 Å². The lowest BCUT2D eigenvalue weighted by Gasteiger charge is -2.26. The number of amides is 1. The van der Waals surface area contributed by atoms with Crippen LogP contribution in [0.4, 0.5) is 18.9 Å². The molecule has 1 heterocycles. The number of anilines is 1. The van der Waals surface area contributed by atoms with Crippen LogP contribution < -0.4 is 10.6 Å². The molecule has 4 nitrogen and oxygen atoms in total. The number of hydrogen-bond acceptors (Lipinski definition) is 3. The van der Waals surface area contributed by atoms with Gasteiger partial charge >= 0.3 is 0 Å². The SMILES string of the molecule is O=C(CN1CCNCC1)Nc1cc(F)c(F)c(F)c1. The minimum atomic E-state index is -1.54. The van der Waals surface area contributed by atoms with Crippen LogP contribution in [0, 0.1) is 17.5 Å². The van der Waals surface area contributed by atoms with Crippen molar-refractivity contribution in [3.05, 3.63) is 29.6 Å². The van der Waals surface area contributed by atoms with Crippen molar-refractivity contribution in [3.8, 4) is 0 Å². The number of piperazine rings is 1. The van der Waals surface area contributed by atoms with Gasteiger partial charge in [0.1, 0.15) is 0 Å². The summed E-state index contributed by atoms with van der Waals surface area (Å²) < 4.78 is 38.7. The van der Waals surface area contributed by atoms with Gasteiger partial charge in [-0.25, -0.2) is 13.2 Å². The van der Waals surface area contributed by atoms with E-state index in [0.717, 1.165) is 38.3 Å². The Kier molecular flexibility index (Phi) is 4.39. The fourth-order valence-electron chi connectivity index (χ4n) is 1.90. The van der Waals surface area contributed by atoms with Crippen molar-refractivity contribution in [1.82, 2.24) is 10.2 Å². The van der Waals surface area contributed by atoms with Gasteiger partial charge in [0, 0.05) is 44.0 Å². The molecule has 0 radical (unpaired) electrons. The van der Waals surface area contributed by atoms with E-state index < -0.39 is 17.5 Å². The molecule has 0 unspecified atom stereocenters. The zero-order valence-corrected chi connectivity index (χ0v) is 10.2. The average molecular weight is 273 g/mol. The number of hydrogen-bond donors (Lipinski definition) is 2. The van der Waals surface area contributed by atoms with Gasteiger partial charge in [0.15, 0.2) is 17.5 Å². The molecule has 1 aliphatic heterocycles. The Hall–Kier alpha value is -1.60. The van der Waals surface area contributed by atoms with Gasteiger partial charge in [0.2, 0.25) is 5.91 Å². The summed E-state index contributed by atoms with van der Waals surface area (Å²) in [6.07, 6.45) is 0. The Bertz CT molecular complexity index is 452. The summed E-state index contributed by atoms with van der Waals surface area (Å²) in [5.41, 5.74) is -0.0865. The van der Waals surface area contributed by atoms with E-state index >= 15 is 0 Å². The summed E-state index contributed by atoms with van der Waals surface area (Å²) in [6, 6.07) is 1.52. The monoisotopic (exact) mass is 273 g/mol. The first kappa shape index (κ1) is 13.8. The van der Waals surface area contributed by atoms with E-state index in [4.69, 9.17) is 0 Å². The van der Waals surface area contributed by atoms with Gasteiger partial charge in [0.25, 0.3) is 0 Å². The molecule has 0 aromatic heterocycles. The first-order chi connectivity index (χ1) is 9.06. The maximum absolute atomic E-state index is 13.0. The van der Waals surface area contributed by atoms with Crippen LogP contribution in [0.1, 0.15) is 0 Å². The summed E-state index contributed by atoms with van der Waals surface area (Å²) in [7, 11) is 0. The van der Waals surface area contributed by atoms with Gasteiger partial charge in [-0.1, -0.05) is 0 Å². The van der Waals surface area contributed by atoms with Crippen LogP contribution in [0.25, 0.3) is 0 Å². The summed E-state index contributed by atoms with van der Waals surface area (Å²) in [6.45, 7) is 3.21. The number of carbonyl (C=O) groups is 1. The second kappa shape index (κ2) is 6.03. The Labute approximate surface area is 108 Å². The molecule has 0 bridgehead atoms. The number of nitrogens with zero attached hydrogens (tertiary/aromatic N) is 1. The van der Waals surface area contributed by atoms with E-state index in [2.05, 4.69) is 10.6 Å². The molecular formula is C12H14F3N3O. The third-order valence-electron chi connectivity index (χ3n) is 2.84. The molecule has 1 aliphatic rings. The quantitative estimate of drug-likeness (QED) is 0.806. The van der Waals surface area contributed by atoms with E-state index in [-0.39, 0.29) is 18.1 Å². The fourth-order valence-corrected chi connectivity index (χ4v) is 1.90. The van der Waals surface area contributed by atoms with Crippen LogP contribution in [0.5, 0.6) is 0 Å². The summed E-state index contributed by atoms with van der Waals surface area (Å²) in [5.74, 6) is -4.57. The van der Waals surface area contributed by atoms with E-state index in [0.29, 0.717) is 0 Å². The molecule has 1 fully saturated rings. The van der Waals surface area contributed by atoms with Gasteiger partial charge in [-0.15, -0.1) is 0 Å². The predicted molar refractivity (Wildman–Crippen MR) is 64.3 cm³/mol. The minimum absolute atomic E-state index is 0.0865. The molecule has 1 aromatic rings. The molecule has 1 saturated heterocycles. The van der Waals surface area contributed by atoms with Crippen molar-refractivity contribution in [1.29, 1.82) is 0 Å². The Morgan fingerprint density at radius 1 is 1.21 bits per heavy atom. The highest BCUT2D eigenvalue weighted by atomic mass is 19.2. The maximum Gasteiger partial charge on any atom is 0.238 e. The smallest absolute Gasteiger partial charge is 0.238 e. The molecule has 0 atom stereocenters. The average Bonchev–Trinajstić information content (AvgIpc) is 2.37. The topological polar surface area (TPSA) is 44.4 Å². The molecule has 104 valence electrons. The summed E-state index contributed by atoms with van der Waals surface area (Å²) in [5, 5.41) is 5.50. The van der Waals surface area contributed by atoms with Crippen molar-refractivity contribution in [2.45, 2.75) is 0 Å². The zero-order chi connectivity index (χ0) is 13.8. The predicted octanol–water partition coefficient (Wildman–Crippen LogP) is 0.948. The highest BCUT2D eigenvalue weighted by Crippen LogP contribution is 2.17. The molecule has 19 heavy (non-hydrogen) atoms. The van der Waals surface area contributed by atoms with Gasteiger partial charge in [0.05, 0.1) is 6.54 Å². The molecule has 0 spiro atoms. The summed E-state index contributed by atoms with van der Waals surface area (Å²) >= 11 is 0. The van der Waals surface area contributed by atoms with Gasteiger partial charge < -0.3 is 10.6 Å². The van der Waals surface area contributed by atoms with Gasteiger partial charge in [-0.3, -0.25) is 9.69 Å². The minimum Gasteiger partial charge on any atom is -0.325 e. The third-order valence-corrected chi connectivity index (χ3v) is 2.84. The van der Waals surface area contributed by atoms with Crippen molar-refractivity contribution in [2.24, 2.45) is 0 Å². The lowest BCUT2D eigenvalue weighted by molar-refractivity contribution is -0.117. The van der Waals surface area contributed by atoms with Crippen molar-refractivity contribution in [3.63, 3.8) is 0 Å². The van der Waals surface area contributed by atoms with Crippen LogP contribution in [0.3, 0.4) is 0 Å². The van der Waals surface area contributed by atoms with Crippen LogP contribution in [0.15, 0.2) is 12.1 Å². The number of nitrogens with one attached hydrogen (secondary N) is 2. The molecular weight excluding hydrogens is 259 g/mol. The van der Waals surface area contributed by atoms with Crippen LogP contribution in [-0.4, -0.2) is 43.5 Å². The molecule has 1 aromatic carbocycles. The maximum atomic E-state index is 13.0. The molecule has 7 heteroatoms. The van der Waals surface area contributed by atoms with Crippen molar-refractivity contribution in [2.75, 3.05) is 38.0 Å². The molecule has 2 N–H and O–H groups in total. The van der Waals surface area contributed by atoms with Crippen LogP contribution in [-0.2, 0) is 4.79 Å². The van der Waals surface area contributed by atoms with E-state index in [1.807, 2.05) is 4.90 Å². The molecule has 2 rings (SSSR count). The normalized spacial score (nSPS) is 16.4. The highest BCUT2D eigenvalue weighted by Gasteiger charge is 2.15. The lowest BCUT2D eigenvalue weighted by atomic mass is 10.2. The van der Waals surface area contributed by atoms with Crippen LogP contribution >= 0.6 is 0 Å².